The van der Waals surface area contributed by atoms with Crippen LogP contribution >= 0.6 is 11.6 Å². The van der Waals surface area contributed by atoms with E-state index in [0.29, 0.717) is 17.9 Å². The van der Waals surface area contributed by atoms with Crippen LogP contribution in [-0.4, -0.2) is 0 Å². The molecule has 1 aromatic carbocycles. The Morgan fingerprint density at radius 3 is 2.92 bits per heavy atom. The fraction of sp³-hybridized carbons (Fsp3) is 0.400. The van der Waals surface area contributed by atoms with Gasteiger partial charge in [-0.05, 0) is 29.5 Å². The Morgan fingerprint density at radius 2 is 2.23 bits per heavy atom. The standard InChI is InChI=1S/C10H11ClFN/c1-5-4-7-6(10(5)13)2-3-8(11)9(7)12/h2-3,5,10H,4,13H2,1H3. The molecule has 2 atom stereocenters. The third kappa shape index (κ3) is 1.25. The van der Waals surface area contributed by atoms with E-state index in [-0.39, 0.29) is 16.9 Å². The second-order valence-corrected chi connectivity index (χ2v) is 4.04. The molecule has 0 radical (unpaired) electrons. The van der Waals surface area contributed by atoms with E-state index in [1.54, 1.807) is 6.07 Å². The van der Waals surface area contributed by atoms with Crippen molar-refractivity contribution in [1.29, 1.82) is 0 Å². The van der Waals surface area contributed by atoms with E-state index >= 15 is 0 Å². The Labute approximate surface area is 81.7 Å². The van der Waals surface area contributed by atoms with Crippen LogP contribution < -0.4 is 5.73 Å². The summed E-state index contributed by atoms with van der Waals surface area (Å²) < 4.78 is 13.5. The van der Waals surface area contributed by atoms with E-state index in [2.05, 4.69) is 0 Å². The zero-order valence-electron chi connectivity index (χ0n) is 7.35. The molecule has 2 unspecified atom stereocenters. The first kappa shape index (κ1) is 8.97. The summed E-state index contributed by atoms with van der Waals surface area (Å²) in [5, 5.41) is 0.194. The van der Waals surface area contributed by atoms with Crippen LogP contribution in [0.2, 0.25) is 5.02 Å². The van der Waals surface area contributed by atoms with Crippen LogP contribution in [0, 0.1) is 11.7 Å². The van der Waals surface area contributed by atoms with Gasteiger partial charge >= 0.3 is 0 Å². The molecule has 0 aliphatic heterocycles. The minimum Gasteiger partial charge on any atom is -0.324 e. The van der Waals surface area contributed by atoms with E-state index in [4.69, 9.17) is 17.3 Å². The fourth-order valence-corrected chi connectivity index (χ4v) is 2.06. The van der Waals surface area contributed by atoms with Gasteiger partial charge in [0.25, 0.3) is 0 Å². The number of halogens is 2. The fourth-order valence-electron chi connectivity index (χ4n) is 1.88. The van der Waals surface area contributed by atoms with Crippen molar-refractivity contribution in [2.45, 2.75) is 19.4 Å². The first-order valence-electron chi connectivity index (χ1n) is 4.33. The van der Waals surface area contributed by atoms with Gasteiger partial charge in [0, 0.05) is 6.04 Å². The highest BCUT2D eigenvalue weighted by atomic mass is 35.5. The molecule has 0 saturated heterocycles. The maximum atomic E-state index is 13.5. The summed E-state index contributed by atoms with van der Waals surface area (Å²) in [6.07, 6.45) is 0.697. The van der Waals surface area contributed by atoms with Crippen LogP contribution in [0.25, 0.3) is 0 Å². The first-order chi connectivity index (χ1) is 6.11. The normalized spacial score (nSPS) is 26.2. The predicted octanol–water partition coefficient (Wildman–Crippen LogP) is 2.67. The van der Waals surface area contributed by atoms with Gasteiger partial charge in [-0.25, -0.2) is 4.39 Å². The largest absolute Gasteiger partial charge is 0.324 e. The molecule has 1 nitrogen and oxygen atoms in total. The van der Waals surface area contributed by atoms with Crippen LogP contribution in [0.3, 0.4) is 0 Å². The summed E-state index contributed by atoms with van der Waals surface area (Å²) in [7, 11) is 0. The van der Waals surface area contributed by atoms with Crippen molar-refractivity contribution < 1.29 is 4.39 Å². The average Bonchev–Trinajstić information content (AvgIpc) is 2.38. The summed E-state index contributed by atoms with van der Waals surface area (Å²) in [4.78, 5) is 0. The van der Waals surface area contributed by atoms with E-state index < -0.39 is 0 Å². The van der Waals surface area contributed by atoms with Crippen molar-refractivity contribution in [2.24, 2.45) is 11.7 Å². The zero-order valence-corrected chi connectivity index (χ0v) is 8.11. The van der Waals surface area contributed by atoms with E-state index in [9.17, 15) is 4.39 Å². The highest BCUT2D eigenvalue weighted by Gasteiger charge is 2.29. The number of rotatable bonds is 0. The first-order valence-corrected chi connectivity index (χ1v) is 4.71. The topological polar surface area (TPSA) is 26.0 Å². The van der Waals surface area contributed by atoms with Crippen LogP contribution in [0.15, 0.2) is 12.1 Å². The van der Waals surface area contributed by atoms with Crippen molar-refractivity contribution in [2.75, 3.05) is 0 Å². The Balaban J connectivity index is 2.57. The smallest absolute Gasteiger partial charge is 0.145 e. The summed E-state index contributed by atoms with van der Waals surface area (Å²) in [5.74, 6) is 0.0157. The summed E-state index contributed by atoms with van der Waals surface area (Å²) in [6, 6.07) is 3.37. The van der Waals surface area contributed by atoms with Crippen LogP contribution in [-0.2, 0) is 6.42 Å². The van der Waals surface area contributed by atoms with Gasteiger partial charge in [-0.2, -0.15) is 0 Å². The maximum absolute atomic E-state index is 13.5. The Morgan fingerprint density at radius 1 is 1.54 bits per heavy atom. The predicted molar refractivity (Wildman–Crippen MR) is 51.2 cm³/mol. The Hall–Kier alpha value is -0.600. The summed E-state index contributed by atoms with van der Waals surface area (Å²) >= 11 is 5.67. The van der Waals surface area contributed by atoms with Crippen molar-refractivity contribution in [3.63, 3.8) is 0 Å². The van der Waals surface area contributed by atoms with Gasteiger partial charge in [0.05, 0.1) is 5.02 Å². The van der Waals surface area contributed by atoms with Crippen molar-refractivity contribution in [1.82, 2.24) is 0 Å². The molecule has 0 heterocycles. The van der Waals surface area contributed by atoms with Crippen molar-refractivity contribution in [3.8, 4) is 0 Å². The van der Waals surface area contributed by atoms with Gasteiger partial charge in [-0.15, -0.1) is 0 Å². The molecule has 2 rings (SSSR count). The number of hydrogen-bond acceptors (Lipinski definition) is 1. The second kappa shape index (κ2) is 2.96. The van der Waals surface area contributed by atoms with Gasteiger partial charge in [-0.3, -0.25) is 0 Å². The third-order valence-corrected chi connectivity index (χ3v) is 3.02. The lowest BCUT2D eigenvalue weighted by Gasteiger charge is -2.09. The third-order valence-electron chi connectivity index (χ3n) is 2.73. The molecule has 0 amide bonds. The van der Waals surface area contributed by atoms with Crippen molar-refractivity contribution >= 4 is 11.6 Å². The minimum atomic E-state index is -0.293. The number of fused-ring (bicyclic) bond motifs is 1. The number of nitrogens with two attached hydrogens (primary N) is 1. The highest BCUT2D eigenvalue weighted by Crippen LogP contribution is 2.37. The molecule has 0 bridgehead atoms. The lowest BCUT2D eigenvalue weighted by atomic mass is 10.0. The van der Waals surface area contributed by atoms with Gasteiger partial charge < -0.3 is 5.73 Å². The Kier molecular flexibility index (Phi) is 2.05. The van der Waals surface area contributed by atoms with Gasteiger partial charge in [0.15, 0.2) is 0 Å². The van der Waals surface area contributed by atoms with E-state index in [1.165, 1.54) is 0 Å². The minimum absolute atomic E-state index is 0.0400. The molecule has 70 valence electrons. The molecule has 0 fully saturated rings. The monoisotopic (exact) mass is 199 g/mol. The molecule has 1 aliphatic rings. The SMILES string of the molecule is CC1Cc2c(ccc(Cl)c2F)C1N. The van der Waals surface area contributed by atoms with E-state index in [1.807, 2.05) is 13.0 Å². The lowest BCUT2D eigenvalue weighted by molar-refractivity contribution is 0.509. The van der Waals surface area contributed by atoms with Gasteiger partial charge in [0.1, 0.15) is 5.82 Å². The second-order valence-electron chi connectivity index (χ2n) is 3.64. The Bertz CT molecular complexity index is 351. The molecule has 13 heavy (non-hydrogen) atoms. The quantitative estimate of drug-likeness (QED) is 0.683. The summed E-state index contributed by atoms with van der Waals surface area (Å²) in [5.41, 5.74) is 7.51. The molecule has 0 spiro atoms. The van der Waals surface area contributed by atoms with E-state index in [0.717, 1.165) is 5.56 Å². The summed E-state index contributed by atoms with van der Waals surface area (Å²) in [6.45, 7) is 2.03. The molecule has 1 aliphatic carbocycles. The highest BCUT2D eigenvalue weighted by molar-refractivity contribution is 6.30. The maximum Gasteiger partial charge on any atom is 0.145 e. The molecule has 2 N–H and O–H groups in total. The van der Waals surface area contributed by atoms with Crippen LogP contribution in [0.5, 0.6) is 0 Å². The average molecular weight is 200 g/mol. The lowest BCUT2D eigenvalue weighted by Crippen LogP contribution is -2.13. The molecule has 0 aromatic heterocycles. The zero-order chi connectivity index (χ0) is 9.59. The molecular weight excluding hydrogens is 189 g/mol. The molecule has 0 saturated carbocycles. The van der Waals surface area contributed by atoms with Gasteiger partial charge in [-0.1, -0.05) is 24.6 Å². The number of benzene rings is 1. The van der Waals surface area contributed by atoms with Crippen LogP contribution in [0.4, 0.5) is 4.39 Å². The van der Waals surface area contributed by atoms with Crippen molar-refractivity contribution in [3.05, 3.63) is 34.1 Å². The number of hydrogen-bond donors (Lipinski definition) is 1. The van der Waals surface area contributed by atoms with Crippen LogP contribution in [0.1, 0.15) is 24.1 Å². The molecular formula is C10H11ClFN. The molecule has 3 heteroatoms. The van der Waals surface area contributed by atoms with Gasteiger partial charge in [0.2, 0.25) is 0 Å². The molecule has 1 aromatic rings.